The third-order valence-corrected chi connectivity index (χ3v) is 5.41. The van der Waals surface area contributed by atoms with Gasteiger partial charge in [-0.3, -0.25) is 20.6 Å². The summed E-state index contributed by atoms with van der Waals surface area (Å²) in [6.07, 6.45) is 5.04. The number of piperidine rings is 1. The second kappa shape index (κ2) is 8.20. The van der Waals surface area contributed by atoms with Gasteiger partial charge in [0.25, 0.3) is 0 Å². The summed E-state index contributed by atoms with van der Waals surface area (Å²) in [5.41, 5.74) is 6.90. The molecule has 3 unspecified atom stereocenters. The summed E-state index contributed by atoms with van der Waals surface area (Å²) in [6, 6.07) is 5.92. The Kier molecular flexibility index (Phi) is 5.50. The number of hydrogen-bond acceptors (Lipinski definition) is 6. The van der Waals surface area contributed by atoms with Gasteiger partial charge >= 0.3 is 0 Å². The molecule has 2 aliphatic rings. The fourth-order valence-corrected chi connectivity index (χ4v) is 3.85. The van der Waals surface area contributed by atoms with Crippen LogP contribution in [0.5, 0.6) is 11.6 Å². The van der Waals surface area contributed by atoms with Crippen LogP contribution in [0.4, 0.5) is 4.39 Å². The van der Waals surface area contributed by atoms with E-state index in [1.54, 1.807) is 24.5 Å². The number of likely N-dealkylation sites (tertiary alicyclic amines) is 1. The lowest BCUT2D eigenvalue weighted by atomic mass is 9.92. The molecule has 2 aliphatic heterocycles. The van der Waals surface area contributed by atoms with E-state index in [1.165, 1.54) is 12.1 Å². The van der Waals surface area contributed by atoms with Crippen molar-refractivity contribution < 1.29 is 13.9 Å². The number of hydrogen-bond donors (Lipinski definition) is 2. The van der Waals surface area contributed by atoms with Gasteiger partial charge in [0.15, 0.2) is 0 Å². The minimum absolute atomic E-state index is 0.0551. The van der Waals surface area contributed by atoms with Crippen molar-refractivity contribution in [3.8, 4) is 11.6 Å². The average molecular weight is 385 g/mol. The lowest BCUT2D eigenvalue weighted by Gasteiger charge is -2.34. The molecular formula is C20H24FN5O2. The Bertz CT molecular complexity index is 832. The largest absolute Gasteiger partial charge is 0.437 e. The summed E-state index contributed by atoms with van der Waals surface area (Å²) in [5, 5.41) is 0. The molecule has 1 aromatic heterocycles. The Balaban J connectivity index is 1.50. The number of amides is 1. The third kappa shape index (κ3) is 3.98. The molecule has 148 valence electrons. The molecule has 2 N–H and O–H groups in total. The van der Waals surface area contributed by atoms with Crippen molar-refractivity contribution >= 4 is 5.91 Å². The summed E-state index contributed by atoms with van der Waals surface area (Å²) >= 11 is 0. The highest BCUT2D eigenvalue weighted by molar-refractivity contribution is 5.80. The molecule has 2 saturated heterocycles. The highest BCUT2D eigenvalue weighted by Gasteiger charge is 2.36. The zero-order valence-corrected chi connectivity index (χ0v) is 15.8. The summed E-state index contributed by atoms with van der Waals surface area (Å²) in [5.74, 6) is 0.752. The molecule has 2 fully saturated rings. The molecule has 4 rings (SSSR count). The molecule has 1 amide bonds. The maximum Gasteiger partial charge on any atom is 0.241 e. The summed E-state index contributed by atoms with van der Waals surface area (Å²) < 4.78 is 19.0. The fourth-order valence-electron chi connectivity index (χ4n) is 3.85. The SMILES string of the molecule is CC1NNCC1C(=O)N1CCCC(c2nccnc2Oc2ccc(F)cc2)C1. The van der Waals surface area contributed by atoms with E-state index < -0.39 is 0 Å². The molecule has 0 bridgehead atoms. The first-order valence-electron chi connectivity index (χ1n) is 9.63. The molecule has 0 radical (unpaired) electrons. The van der Waals surface area contributed by atoms with Gasteiger partial charge in [0.2, 0.25) is 11.8 Å². The van der Waals surface area contributed by atoms with Crippen LogP contribution in [0.15, 0.2) is 36.7 Å². The van der Waals surface area contributed by atoms with Crippen LogP contribution in [0.1, 0.15) is 31.4 Å². The molecule has 7 nitrogen and oxygen atoms in total. The zero-order chi connectivity index (χ0) is 19.5. The van der Waals surface area contributed by atoms with Crippen molar-refractivity contribution in [2.24, 2.45) is 5.92 Å². The third-order valence-electron chi connectivity index (χ3n) is 5.41. The minimum Gasteiger partial charge on any atom is -0.437 e. The Labute approximate surface area is 163 Å². The van der Waals surface area contributed by atoms with Crippen molar-refractivity contribution in [1.29, 1.82) is 0 Å². The van der Waals surface area contributed by atoms with E-state index in [4.69, 9.17) is 4.74 Å². The van der Waals surface area contributed by atoms with E-state index in [2.05, 4.69) is 20.8 Å². The van der Waals surface area contributed by atoms with Crippen LogP contribution in [0.2, 0.25) is 0 Å². The second-order valence-electron chi connectivity index (χ2n) is 7.35. The van der Waals surface area contributed by atoms with Crippen LogP contribution >= 0.6 is 0 Å². The van der Waals surface area contributed by atoms with Gasteiger partial charge in [-0.2, -0.15) is 0 Å². The maximum atomic E-state index is 13.1. The van der Waals surface area contributed by atoms with Gasteiger partial charge in [-0.25, -0.2) is 9.37 Å². The van der Waals surface area contributed by atoms with Crippen molar-refractivity contribution in [2.75, 3.05) is 19.6 Å². The Morgan fingerprint density at radius 2 is 2.04 bits per heavy atom. The monoisotopic (exact) mass is 385 g/mol. The molecular weight excluding hydrogens is 361 g/mol. The Hall–Kier alpha value is -2.58. The fraction of sp³-hybridized carbons (Fsp3) is 0.450. The number of halogens is 1. The minimum atomic E-state index is -0.321. The van der Waals surface area contributed by atoms with E-state index in [-0.39, 0.29) is 29.6 Å². The summed E-state index contributed by atoms with van der Waals surface area (Å²) in [4.78, 5) is 23.7. The first kappa shape index (κ1) is 18.8. The number of carbonyl (C=O) groups is 1. The van der Waals surface area contributed by atoms with E-state index in [9.17, 15) is 9.18 Å². The van der Waals surface area contributed by atoms with Crippen LogP contribution in [-0.4, -0.2) is 46.5 Å². The van der Waals surface area contributed by atoms with Crippen molar-refractivity contribution in [1.82, 2.24) is 25.7 Å². The van der Waals surface area contributed by atoms with Crippen molar-refractivity contribution in [2.45, 2.75) is 31.7 Å². The second-order valence-corrected chi connectivity index (χ2v) is 7.35. The van der Waals surface area contributed by atoms with Crippen LogP contribution in [0.3, 0.4) is 0 Å². The number of aromatic nitrogens is 2. The van der Waals surface area contributed by atoms with E-state index in [0.717, 1.165) is 25.1 Å². The summed E-state index contributed by atoms with van der Waals surface area (Å²) in [6.45, 7) is 4.01. The topological polar surface area (TPSA) is 79.4 Å². The first-order valence-corrected chi connectivity index (χ1v) is 9.63. The maximum absolute atomic E-state index is 13.1. The number of nitrogens with one attached hydrogen (secondary N) is 2. The Morgan fingerprint density at radius 3 is 2.79 bits per heavy atom. The lowest BCUT2D eigenvalue weighted by molar-refractivity contribution is -0.136. The van der Waals surface area contributed by atoms with Gasteiger partial charge < -0.3 is 9.64 Å². The van der Waals surface area contributed by atoms with Crippen LogP contribution in [-0.2, 0) is 4.79 Å². The predicted octanol–water partition coefficient (Wildman–Crippen LogP) is 2.23. The van der Waals surface area contributed by atoms with Gasteiger partial charge in [0, 0.05) is 44.0 Å². The number of hydrazine groups is 1. The lowest BCUT2D eigenvalue weighted by Crippen LogP contribution is -2.45. The van der Waals surface area contributed by atoms with Crippen LogP contribution in [0.25, 0.3) is 0 Å². The zero-order valence-electron chi connectivity index (χ0n) is 15.8. The molecule has 0 saturated carbocycles. The quantitative estimate of drug-likeness (QED) is 0.840. The summed E-state index contributed by atoms with van der Waals surface area (Å²) in [7, 11) is 0. The molecule has 0 spiro atoms. The Morgan fingerprint density at radius 1 is 1.25 bits per heavy atom. The van der Waals surface area contributed by atoms with Crippen LogP contribution < -0.4 is 15.6 Å². The normalized spacial score (nSPS) is 24.9. The standard InChI is InChI=1S/C20H24FN5O2/c1-13-17(11-24-25-13)20(27)26-10-2-3-14(12-26)18-19(23-9-8-22-18)28-16-6-4-15(21)5-7-16/h4-9,13-14,17,24-25H,2-3,10-12H2,1H3. The molecule has 28 heavy (non-hydrogen) atoms. The smallest absolute Gasteiger partial charge is 0.241 e. The first-order chi connectivity index (χ1) is 13.6. The predicted molar refractivity (Wildman–Crippen MR) is 101 cm³/mol. The molecule has 0 aliphatic carbocycles. The molecule has 3 atom stereocenters. The number of rotatable bonds is 4. The molecule has 2 aromatic rings. The van der Waals surface area contributed by atoms with Gasteiger partial charge in [-0.15, -0.1) is 0 Å². The van der Waals surface area contributed by atoms with Gasteiger partial charge in [-0.05, 0) is 44.0 Å². The highest BCUT2D eigenvalue weighted by Crippen LogP contribution is 2.33. The van der Waals surface area contributed by atoms with Crippen LogP contribution in [0, 0.1) is 11.7 Å². The molecule has 1 aromatic carbocycles. The number of nitrogens with zero attached hydrogens (tertiary/aromatic N) is 3. The van der Waals surface area contributed by atoms with E-state index >= 15 is 0 Å². The average Bonchev–Trinajstić information content (AvgIpc) is 3.15. The number of carbonyl (C=O) groups excluding carboxylic acids is 1. The highest BCUT2D eigenvalue weighted by atomic mass is 19.1. The number of benzene rings is 1. The van der Waals surface area contributed by atoms with Crippen molar-refractivity contribution in [3.63, 3.8) is 0 Å². The number of ether oxygens (including phenoxy) is 1. The molecule has 8 heteroatoms. The van der Waals surface area contributed by atoms with Gasteiger partial charge in [0.1, 0.15) is 17.3 Å². The van der Waals surface area contributed by atoms with Crippen molar-refractivity contribution in [3.05, 3.63) is 48.2 Å². The van der Waals surface area contributed by atoms with Gasteiger partial charge in [-0.1, -0.05) is 0 Å². The van der Waals surface area contributed by atoms with E-state index in [1.807, 2.05) is 11.8 Å². The molecule has 3 heterocycles. The van der Waals surface area contributed by atoms with E-state index in [0.29, 0.717) is 24.7 Å². The van der Waals surface area contributed by atoms with Gasteiger partial charge in [0.05, 0.1) is 5.92 Å².